The number of amides is 1. The molecule has 0 saturated carbocycles. The summed E-state index contributed by atoms with van der Waals surface area (Å²) in [5, 5.41) is 12.2. The minimum absolute atomic E-state index is 0.159. The molecule has 4 rings (SSSR count). The molecule has 2 aliphatic rings. The molecule has 4 heteroatoms. The van der Waals surface area contributed by atoms with E-state index in [2.05, 4.69) is 17.0 Å². The summed E-state index contributed by atoms with van der Waals surface area (Å²) >= 11 is 1.64. The topological polar surface area (TPSA) is 40.5 Å². The molecule has 1 N–H and O–H groups in total. The molecule has 2 fully saturated rings. The van der Waals surface area contributed by atoms with Crippen molar-refractivity contribution in [1.29, 1.82) is 0 Å². The summed E-state index contributed by atoms with van der Waals surface area (Å²) in [4.78, 5) is 16.1. The highest BCUT2D eigenvalue weighted by atomic mass is 32.1. The van der Waals surface area contributed by atoms with Gasteiger partial charge in [0.25, 0.3) is 0 Å². The standard InChI is InChI=1S/C20H23NO2S/c22-14-20(12-15-5-2-1-3-6-15)13-16-8-9-18(20)21(16)19(23)11-17-7-4-10-24-17/h1-7,10,16,18,22H,8-9,11-14H2/t16-,18+,20-/m0/s1. The van der Waals surface area contributed by atoms with Gasteiger partial charge in [0, 0.05) is 22.4 Å². The zero-order valence-corrected chi connectivity index (χ0v) is 14.5. The fraction of sp³-hybridized carbons (Fsp3) is 0.450. The summed E-state index contributed by atoms with van der Waals surface area (Å²) in [5.41, 5.74) is 1.08. The van der Waals surface area contributed by atoms with Gasteiger partial charge in [-0.15, -0.1) is 11.3 Å². The first-order valence-corrected chi connectivity index (χ1v) is 9.58. The average Bonchev–Trinajstić information content (AvgIpc) is 3.31. The summed E-state index contributed by atoms with van der Waals surface area (Å²) in [6.07, 6.45) is 4.39. The van der Waals surface area contributed by atoms with Crippen LogP contribution in [0.15, 0.2) is 47.8 Å². The molecule has 3 nitrogen and oxygen atoms in total. The summed E-state index contributed by atoms with van der Waals surface area (Å²) in [6.45, 7) is 0.159. The molecule has 0 radical (unpaired) electrons. The van der Waals surface area contributed by atoms with Gasteiger partial charge in [0.05, 0.1) is 13.0 Å². The first-order valence-electron chi connectivity index (χ1n) is 8.70. The molecule has 3 atom stereocenters. The van der Waals surface area contributed by atoms with Crippen LogP contribution in [-0.4, -0.2) is 34.6 Å². The van der Waals surface area contributed by atoms with Crippen molar-refractivity contribution in [2.24, 2.45) is 5.41 Å². The minimum Gasteiger partial charge on any atom is -0.396 e. The molecular formula is C20H23NO2S. The first-order chi connectivity index (χ1) is 11.7. The number of thiophene rings is 1. The number of aliphatic hydroxyl groups excluding tert-OH is 1. The number of benzene rings is 1. The third-order valence-corrected chi connectivity index (χ3v) is 6.64. The van der Waals surface area contributed by atoms with E-state index in [0.717, 1.165) is 30.6 Å². The molecule has 1 amide bonds. The Hall–Kier alpha value is -1.65. The number of hydrogen-bond acceptors (Lipinski definition) is 3. The maximum absolute atomic E-state index is 12.9. The van der Waals surface area contributed by atoms with Gasteiger partial charge in [-0.1, -0.05) is 36.4 Å². The van der Waals surface area contributed by atoms with E-state index in [0.29, 0.717) is 12.5 Å². The lowest BCUT2D eigenvalue weighted by Gasteiger charge is -2.36. The highest BCUT2D eigenvalue weighted by molar-refractivity contribution is 7.10. The van der Waals surface area contributed by atoms with Crippen LogP contribution in [0.1, 0.15) is 29.7 Å². The molecule has 0 unspecified atom stereocenters. The largest absolute Gasteiger partial charge is 0.396 e. The van der Waals surface area contributed by atoms with Crippen LogP contribution in [0.3, 0.4) is 0 Å². The third-order valence-electron chi connectivity index (χ3n) is 5.76. The molecule has 126 valence electrons. The van der Waals surface area contributed by atoms with E-state index in [4.69, 9.17) is 0 Å². The Kier molecular flexibility index (Phi) is 4.19. The van der Waals surface area contributed by atoms with Crippen LogP contribution >= 0.6 is 11.3 Å². The zero-order chi connectivity index (χ0) is 16.6. The Morgan fingerprint density at radius 3 is 2.75 bits per heavy atom. The van der Waals surface area contributed by atoms with Crippen molar-refractivity contribution in [1.82, 2.24) is 4.90 Å². The smallest absolute Gasteiger partial charge is 0.228 e. The number of fused-ring (bicyclic) bond motifs is 2. The van der Waals surface area contributed by atoms with Gasteiger partial charge in [-0.3, -0.25) is 4.79 Å². The van der Waals surface area contributed by atoms with Crippen LogP contribution in [0, 0.1) is 5.41 Å². The van der Waals surface area contributed by atoms with Crippen molar-refractivity contribution in [3.05, 3.63) is 58.3 Å². The predicted octanol–water partition coefficient (Wildman–Crippen LogP) is 3.28. The van der Waals surface area contributed by atoms with Gasteiger partial charge in [0.15, 0.2) is 0 Å². The van der Waals surface area contributed by atoms with E-state index in [9.17, 15) is 9.90 Å². The average molecular weight is 341 g/mol. The Balaban J connectivity index is 1.55. The Morgan fingerprint density at radius 2 is 2.04 bits per heavy atom. The van der Waals surface area contributed by atoms with Crippen molar-refractivity contribution in [3.63, 3.8) is 0 Å². The highest BCUT2D eigenvalue weighted by Crippen LogP contribution is 2.51. The second kappa shape index (κ2) is 6.34. The van der Waals surface area contributed by atoms with Crippen molar-refractivity contribution in [2.75, 3.05) is 6.61 Å². The van der Waals surface area contributed by atoms with E-state index < -0.39 is 0 Å². The van der Waals surface area contributed by atoms with Gasteiger partial charge < -0.3 is 10.0 Å². The maximum Gasteiger partial charge on any atom is 0.228 e. The summed E-state index contributed by atoms with van der Waals surface area (Å²) in [6, 6.07) is 14.9. The number of carbonyl (C=O) groups excluding carboxylic acids is 1. The summed E-state index contributed by atoms with van der Waals surface area (Å²) in [5.74, 6) is 0.230. The molecule has 24 heavy (non-hydrogen) atoms. The molecule has 1 aromatic heterocycles. The van der Waals surface area contributed by atoms with E-state index in [1.807, 2.05) is 35.7 Å². The van der Waals surface area contributed by atoms with Gasteiger partial charge in [0.1, 0.15) is 0 Å². The molecule has 2 aromatic rings. The van der Waals surface area contributed by atoms with E-state index in [1.54, 1.807) is 11.3 Å². The van der Waals surface area contributed by atoms with Crippen LogP contribution in [0.25, 0.3) is 0 Å². The van der Waals surface area contributed by atoms with E-state index in [-0.39, 0.29) is 24.0 Å². The van der Waals surface area contributed by atoms with Crippen molar-refractivity contribution in [3.8, 4) is 0 Å². The second-order valence-corrected chi connectivity index (χ2v) is 8.22. The molecule has 2 bridgehead atoms. The van der Waals surface area contributed by atoms with Crippen LogP contribution < -0.4 is 0 Å². The summed E-state index contributed by atoms with van der Waals surface area (Å²) in [7, 11) is 0. The highest BCUT2D eigenvalue weighted by Gasteiger charge is 2.56. The van der Waals surface area contributed by atoms with Gasteiger partial charge in [0.2, 0.25) is 5.91 Å². The molecule has 0 spiro atoms. The van der Waals surface area contributed by atoms with Crippen molar-refractivity contribution >= 4 is 17.2 Å². The normalized spacial score (nSPS) is 28.5. The first kappa shape index (κ1) is 15.9. The summed E-state index contributed by atoms with van der Waals surface area (Å²) < 4.78 is 0. The number of aliphatic hydroxyl groups is 1. The van der Waals surface area contributed by atoms with Crippen LogP contribution in [0.2, 0.25) is 0 Å². The van der Waals surface area contributed by atoms with Gasteiger partial charge in [-0.2, -0.15) is 0 Å². The Labute approximate surface area is 146 Å². The van der Waals surface area contributed by atoms with E-state index in [1.165, 1.54) is 5.56 Å². The number of rotatable bonds is 5. The van der Waals surface area contributed by atoms with Gasteiger partial charge in [-0.05, 0) is 42.7 Å². The monoisotopic (exact) mass is 341 g/mol. The molecule has 1 aromatic carbocycles. The van der Waals surface area contributed by atoms with Crippen LogP contribution in [0.5, 0.6) is 0 Å². The number of nitrogens with zero attached hydrogens (tertiary/aromatic N) is 1. The number of hydrogen-bond donors (Lipinski definition) is 1. The SMILES string of the molecule is O=C(Cc1cccs1)N1[C@H]2CC[C@@H]1[C@@](CO)(Cc1ccccc1)C2. The fourth-order valence-electron chi connectivity index (χ4n) is 4.74. The lowest BCUT2D eigenvalue weighted by molar-refractivity contribution is -0.132. The van der Waals surface area contributed by atoms with Crippen LogP contribution in [-0.2, 0) is 17.6 Å². The van der Waals surface area contributed by atoms with Gasteiger partial charge >= 0.3 is 0 Å². The van der Waals surface area contributed by atoms with Crippen molar-refractivity contribution in [2.45, 2.75) is 44.2 Å². The Bertz CT molecular complexity index is 700. The van der Waals surface area contributed by atoms with Crippen LogP contribution in [0.4, 0.5) is 0 Å². The molecule has 0 aliphatic carbocycles. The quantitative estimate of drug-likeness (QED) is 0.907. The lowest BCUT2D eigenvalue weighted by Crippen LogP contribution is -2.44. The minimum atomic E-state index is -0.171. The van der Waals surface area contributed by atoms with E-state index >= 15 is 0 Å². The predicted molar refractivity (Wildman–Crippen MR) is 96.0 cm³/mol. The number of carbonyl (C=O) groups is 1. The maximum atomic E-state index is 12.9. The molecule has 2 aliphatic heterocycles. The molecule has 3 heterocycles. The van der Waals surface area contributed by atoms with Crippen molar-refractivity contribution < 1.29 is 9.90 Å². The zero-order valence-electron chi connectivity index (χ0n) is 13.7. The third kappa shape index (κ3) is 2.68. The second-order valence-electron chi connectivity index (χ2n) is 7.19. The molecular weight excluding hydrogens is 318 g/mol. The molecule has 2 saturated heterocycles. The van der Waals surface area contributed by atoms with Gasteiger partial charge in [-0.25, -0.2) is 0 Å². The fourth-order valence-corrected chi connectivity index (χ4v) is 5.43. The Morgan fingerprint density at radius 1 is 1.21 bits per heavy atom. The lowest BCUT2D eigenvalue weighted by atomic mass is 9.70.